The van der Waals surface area contributed by atoms with Crippen molar-refractivity contribution in [2.75, 3.05) is 33.8 Å². The first-order valence-corrected chi connectivity index (χ1v) is 9.51. The Kier molecular flexibility index (Phi) is 4.77. The molecule has 2 fully saturated rings. The van der Waals surface area contributed by atoms with Gasteiger partial charge in [0, 0.05) is 64.9 Å². The van der Waals surface area contributed by atoms with Crippen LogP contribution in [0.25, 0.3) is 11.5 Å². The molecular formula is C19H28N6O2. The van der Waals surface area contributed by atoms with Crippen molar-refractivity contribution in [3.05, 3.63) is 24.4 Å². The van der Waals surface area contributed by atoms with Crippen molar-refractivity contribution >= 4 is 5.91 Å². The quantitative estimate of drug-likeness (QED) is 0.804. The van der Waals surface area contributed by atoms with E-state index in [9.17, 15) is 4.79 Å². The molecule has 2 aromatic heterocycles. The number of carbonyl (C=O) groups is 1. The van der Waals surface area contributed by atoms with Crippen LogP contribution in [0, 0.1) is 6.92 Å². The number of rotatable bonds is 4. The maximum absolute atomic E-state index is 12.0. The van der Waals surface area contributed by atoms with Crippen LogP contribution in [-0.4, -0.2) is 80.7 Å². The minimum Gasteiger partial charge on any atom is -0.375 e. The van der Waals surface area contributed by atoms with Crippen LogP contribution >= 0.6 is 0 Å². The fraction of sp³-hybridized carbons (Fsp3) is 0.632. The van der Waals surface area contributed by atoms with E-state index < -0.39 is 0 Å². The van der Waals surface area contributed by atoms with Crippen molar-refractivity contribution in [1.29, 1.82) is 0 Å². The zero-order chi connectivity index (χ0) is 19.1. The van der Waals surface area contributed by atoms with Gasteiger partial charge in [0.05, 0.1) is 19.1 Å². The summed E-state index contributed by atoms with van der Waals surface area (Å²) in [6.45, 7) is 4.46. The fourth-order valence-electron chi connectivity index (χ4n) is 4.09. The summed E-state index contributed by atoms with van der Waals surface area (Å²) < 4.78 is 10.3. The lowest BCUT2D eigenvalue weighted by Crippen LogP contribution is -2.47. The highest BCUT2D eigenvalue weighted by molar-refractivity contribution is 5.76. The molecule has 0 spiro atoms. The highest BCUT2D eigenvalue weighted by atomic mass is 16.5. The van der Waals surface area contributed by atoms with Gasteiger partial charge in [-0.1, -0.05) is 0 Å². The number of ether oxygens (including phenoxy) is 1. The van der Waals surface area contributed by atoms with E-state index in [0.717, 1.165) is 36.9 Å². The van der Waals surface area contributed by atoms with E-state index in [2.05, 4.69) is 25.6 Å². The first-order valence-electron chi connectivity index (χ1n) is 9.51. The van der Waals surface area contributed by atoms with Crippen LogP contribution in [0.1, 0.15) is 24.7 Å². The summed E-state index contributed by atoms with van der Waals surface area (Å²) in [6.07, 6.45) is 7.40. The lowest BCUT2D eigenvalue weighted by atomic mass is 10.1. The highest BCUT2D eigenvalue weighted by Gasteiger charge is 2.39. The summed E-state index contributed by atoms with van der Waals surface area (Å²) in [6, 6.07) is 0.753. The molecule has 0 bridgehead atoms. The van der Waals surface area contributed by atoms with Gasteiger partial charge in [-0.25, -0.2) is 9.97 Å². The van der Waals surface area contributed by atoms with E-state index in [0.29, 0.717) is 25.1 Å². The van der Waals surface area contributed by atoms with Gasteiger partial charge in [-0.3, -0.25) is 9.69 Å². The van der Waals surface area contributed by atoms with Crippen LogP contribution < -0.4 is 0 Å². The predicted octanol–water partition coefficient (Wildman–Crippen LogP) is 1.08. The average molecular weight is 372 g/mol. The lowest BCUT2D eigenvalue weighted by Gasteiger charge is -2.35. The zero-order valence-electron chi connectivity index (χ0n) is 16.5. The molecule has 2 aromatic rings. The van der Waals surface area contributed by atoms with Crippen molar-refractivity contribution < 1.29 is 9.53 Å². The van der Waals surface area contributed by atoms with E-state index in [1.54, 1.807) is 19.0 Å². The number of fused-ring (bicyclic) bond motifs is 1. The van der Waals surface area contributed by atoms with Crippen LogP contribution in [0.2, 0.25) is 0 Å². The van der Waals surface area contributed by atoms with E-state index in [1.807, 2.05) is 30.9 Å². The molecule has 0 radical (unpaired) electrons. The standard InChI is InChI=1S/C19H28N6O2/c1-13-21-17(11-23(13)4)19-20-5-6-25(19)14-7-15-12-27-16(10-24(15)9-14)8-18(26)22(2)3/h5-6,11,14-16H,7-10,12H2,1-4H3/t14-,15+,16+/m1/s1. The molecule has 2 saturated heterocycles. The fourth-order valence-corrected chi connectivity index (χ4v) is 4.09. The van der Waals surface area contributed by atoms with Gasteiger partial charge in [0.15, 0.2) is 5.82 Å². The third-order valence-electron chi connectivity index (χ3n) is 5.77. The van der Waals surface area contributed by atoms with Gasteiger partial charge in [0.2, 0.25) is 5.91 Å². The Morgan fingerprint density at radius 3 is 2.85 bits per heavy atom. The molecule has 2 aliphatic heterocycles. The second-order valence-electron chi connectivity index (χ2n) is 7.89. The lowest BCUT2D eigenvalue weighted by molar-refractivity contribution is -0.134. The number of nitrogens with zero attached hydrogens (tertiary/aromatic N) is 6. The second kappa shape index (κ2) is 7.09. The third kappa shape index (κ3) is 3.51. The number of aryl methyl sites for hydroxylation is 2. The summed E-state index contributed by atoms with van der Waals surface area (Å²) in [5.41, 5.74) is 0.913. The normalized spacial score (nSPS) is 25.6. The average Bonchev–Trinajstić information content (AvgIpc) is 3.33. The molecule has 4 heterocycles. The molecule has 0 unspecified atom stereocenters. The van der Waals surface area contributed by atoms with Gasteiger partial charge in [-0.2, -0.15) is 0 Å². The Morgan fingerprint density at radius 1 is 1.33 bits per heavy atom. The molecule has 146 valence electrons. The second-order valence-corrected chi connectivity index (χ2v) is 7.89. The van der Waals surface area contributed by atoms with Gasteiger partial charge in [-0.15, -0.1) is 0 Å². The van der Waals surface area contributed by atoms with Crippen molar-refractivity contribution in [2.45, 2.75) is 38.0 Å². The molecule has 8 nitrogen and oxygen atoms in total. The molecule has 3 atom stereocenters. The number of imidazole rings is 2. The molecule has 4 rings (SSSR count). The van der Waals surface area contributed by atoms with Gasteiger partial charge in [0.25, 0.3) is 0 Å². The number of hydrogen-bond acceptors (Lipinski definition) is 5. The molecule has 8 heteroatoms. The van der Waals surface area contributed by atoms with Crippen molar-refractivity contribution in [1.82, 2.24) is 28.9 Å². The van der Waals surface area contributed by atoms with E-state index in [-0.39, 0.29) is 12.0 Å². The third-order valence-corrected chi connectivity index (χ3v) is 5.77. The molecule has 0 aromatic carbocycles. The van der Waals surface area contributed by atoms with Gasteiger partial charge < -0.3 is 18.8 Å². The summed E-state index contributed by atoms with van der Waals surface area (Å²) >= 11 is 0. The minimum absolute atomic E-state index is 0.0180. The number of aromatic nitrogens is 4. The zero-order valence-corrected chi connectivity index (χ0v) is 16.5. The first-order chi connectivity index (χ1) is 12.9. The Morgan fingerprint density at radius 2 is 2.15 bits per heavy atom. The predicted molar refractivity (Wildman–Crippen MR) is 101 cm³/mol. The topological polar surface area (TPSA) is 68.4 Å². The Balaban J connectivity index is 1.46. The van der Waals surface area contributed by atoms with E-state index >= 15 is 0 Å². The van der Waals surface area contributed by atoms with Crippen LogP contribution in [0.3, 0.4) is 0 Å². The Bertz CT molecular complexity index is 807. The number of amides is 1. The number of morpholine rings is 1. The monoisotopic (exact) mass is 372 g/mol. The first kappa shape index (κ1) is 18.2. The van der Waals surface area contributed by atoms with E-state index in [4.69, 9.17) is 4.74 Å². The SMILES string of the molecule is Cc1nc(-c2nccn2[C@@H]2C[C@H]3CO[C@@H](CC(=O)N(C)C)CN3C2)cn1C. The summed E-state index contributed by atoms with van der Waals surface area (Å²) in [4.78, 5) is 25.3. The van der Waals surface area contributed by atoms with Crippen molar-refractivity contribution in [2.24, 2.45) is 7.05 Å². The Labute approximate surface area is 159 Å². The summed E-state index contributed by atoms with van der Waals surface area (Å²) in [5.74, 6) is 2.02. The highest BCUT2D eigenvalue weighted by Crippen LogP contribution is 2.33. The van der Waals surface area contributed by atoms with Crippen LogP contribution in [0.4, 0.5) is 0 Å². The smallest absolute Gasteiger partial charge is 0.224 e. The van der Waals surface area contributed by atoms with Gasteiger partial charge in [-0.05, 0) is 13.3 Å². The van der Waals surface area contributed by atoms with Gasteiger partial charge >= 0.3 is 0 Å². The minimum atomic E-state index is -0.0180. The van der Waals surface area contributed by atoms with Crippen LogP contribution in [0.15, 0.2) is 18.6 Å². The van der Waals surface area contributed by atoms with Crippen LogP contribution in [0.5, 0.6) is 0 Å². The molecule has 0 aliphatic carbocycles. The number of carbonyl (C=O) groups excluding carboxylic acids is 1. The molecule has 0 N–H and O–H groups in total. The summed E-state index contributed by atoms with van der Waals surface area (Å²) in [5, 5.41) is 0. The molecule has 27 heavy (non-hydrogen) atoms. The largest absolute Gasteiger partial charge is 0.375 e. The maximum Gasteiger partial charge on any atom is 0.224 e. The molecular weight excluding hydrogens is 344 g/mol. The van der Waals surface area contributed by atoms with Crippen LogP contribution in [-0.2, 0) is 16.6 Å². The summed E-state index contributed by atoms with van der Waals surface area (Å²) in [7, 11) is 5.58. The Hall–Kier alpha value is -2.19. The molecule has 2 aliphatic rings. The van der Waals surface area contributed by atoms with Crippen molar-refractivity contribution in [3.8, 4) is 11.5 Å². The van der Waals surface area contributed by atoms with Gasteiger partial charge in [0.1, 0.15) is 11.5 Å². The van der Waals surface area contributed by atoms with Crippen molar-refractivity contribution in [3.63, 3.8) is 0 Å². The van der Waals surface area contributed by atoms with E-state index in [1.165, 1.54) is 0 Å². The molecule has 0 saturated carbocycles. The molecule has 1 amide bonds. The maximum atomic E-state index is 12.0. The number of hydrogen-bond donors (Lipinski definition) is 0.